The molecular weight excluding hydrogens is 208 g/mol. The zero-order valence-corrected chi connectivity index (χ0v) is 8.99. The molecule has 0 fully saturated rings. The molecule has 16 heavy (non-hydrogen) atoms. The summed E-state index contributed by atoms with van der Waals surface area (Å²) in [5.41, 5.74) is 5.90. The molecule has 0 bridgehead atoms. The molecule has 86 valence electrons. The van der Waals surface area contributed by atoms with Crippen molar-refractivity contribution in [2.75, 3.05) is 18.8 Å². The van der Waals surface area contributed by atoms with Crippen LogP contribution in [0.3, 0.4) is 0 Å². The van der Waals surface area contributed by atoms with Crippen LogP contribution in [0.15, 0.2) is 18.3 Å². The Labute approximate surface area is 93.2 Å². The van der Waals surface area contributed by atoms with Crippen LogP contribution in [-0.4, -0.2) is 29.9 Å². The molecule has 0 radical (unpaired) electrons. The molecule has 0 aromatic carbocycles. The minimum atomic E-state index is -0.237. The Bertz CT molecular complexity index is 392. The summed E-state index contributed by atoms with van der Waals surface area (Å²) in [6.45, 7) is 2.20. The first kappa shape index (κ1) is 12.0. The van der Waals surface area contributed by atoms with Crippen molar-refractivity contribution >= 4 is 17.6 Å². The fourth-order valence-corrected chi connectivity index (χ4v) is 1.11. The maximum atomic E-state index is 11.5. The van der Waals surface area contributed by atoms with Crippen molar-refractivity contribution in [2.24, 2.45) is 0 Å². The van der Waals surface area contributed by atoms with Gasteiger partial charge in [-0.15, -0.1) is 0 Å². The molecule has 4 N–H and O–H groups in total. The van der Waals surface area contributed by atoms with Crippen LogP contribution < -0.4 is 16.4 Å². The summed E-state index contributed by atoms with van der Waals surface area (Å²) in [6, 6.07) is 3.07. The molecular formula is C10H14N4O2. The molecule has 0 spiro atoms. The summed E-state index contributed by atoms with van der Waals surface area (Å²) in [7, 11) is 0. The van der Waals surface area contributed by atoms with Crippen molar-refractivity contribution in [3.05, 3.63) is 23.9 Å². The van der Waals surface area contributed by atoms with Gasteiger partial charge in [0.15, 0.2) is 0 Å². The zero-order valence-electron chi connectivity index (χ0n) is 8.99. The number of amides is 2. The van der Waals surface area contributed by atoms with Gasteiger partial charge < -0.3 is 16.4 Å². The van der Waals surface area contributed by atoms with Gasteiger partial charge in [0.05, 0.1) is 0 Å². The summed E-state index contributed by atoms with van der Waals surface area (Å²) in [5, 5.41) is 5.22. The summed E-state index contributed by atoms with van der Waals surface area (Å²) in [5.74, 6) is -0.0589. The number of anilines is 1. The number of pyridine rings is 1. The average Bonchev–Trinajstić information content (AvgIpc) is 2.24. The van der Waals surface area contributed by atoms with E-state index in [1.165, 1.54) is 19.2 Å². The van der Waals surface area contributed by atoms with E-state index in [1.54, 1.807) is 6.07 Å². The highest BCUT2D eigenvalue weighted by Crippen LogP contribution is 2.01. The maximum Gasteiger partial charge on any atom is 0.251 e. The predicted molar refractivity (Wildman–Crippen MR) is 59.7 cm³/mol. The highest BCUT2D eigenvalue weighted by atomic mass is 16.2. The highest BCUT2D eigenvalue weighted by Gasteiger charge is 2.04. The average molecular weight is 222 g/mol. The van der Waals surface area contributed by atoms with Gasteiger partial charge in [-0.25, -0.2) is 4.98 Å². The van der Waals surface area contributed by atoms with Crippen LogP contribution in [0.25, 0.3) is 0 Å². The lowest BCUT2D eigenvalue weighted by Crippen LogP contribution is -2.33. The molecule has 1 aromatic rings. The number of nitrogen functional groups attached to an aromatic ring is 1. The molecule has 0 saturated carbocycles. The normalized spacial score (nSPS) is 9.56. The van der Waals surface area contributed by atoms with Crippen LogP contribution in [0, 0.1) is 0 Å². The van der Waals surface area contributed by atoms with E-state index in [1.807, 2.05) is 0 Å². The molecule has 6 nitrogen and oxygen atoms in total. The third-order valence-electron chi connectivity index (χ3n) is 1.83. The van der Waals surface area contributed by atoms with Crippen molar-refractivity contribution < 1.29 is 9.59 Å². The summed E-state index contributed by atoms with van der Waals surface area (Å²) in [6.07, 6.45) is 1.47. The molecule has 1 aromatic heterocycles. The van der Waals surface area contributed by atoms with Crippen molar-refractivity contribution in [2.45, 2.75) is 6.92 Å². The first-order valence-electron chi connectivity index (χ1n) is 4.84. The predicted octanol–water partition coefficient (Wildman–Crippen LogP) is -0.470. The van der Waals surface area contributed by atoms with Crippen LogP contribution >= 0.6 is 0 Å². The quantitative estimate of drug-likeness (QED) is 0.600. The number of carbonyl (C=O) groups excluding carboxylic acids is 2. The van der Waals surface area contributed by atoms with Gasteiger partial charge in [-0.2, -0.15) is 0 Å². The zero-order chi connectivity index (χ0) is 12.0. The molecule has 0 aliphatic rings. The Morgan fingerprint density at radius 1 is 1.38 bits per heavy atom. The van der Waals surface area contributed by atoms with Gasteiger partial charge in [0.2, 0.25) is 5.91 Å². The van der Waals surface area contributed by atoms with Gasteiger partial charge in [0.1, 0.15) is 5.82 Å². The first-order chi connectivity index (χ1) is 7.59. The largest absolute Gasteiger partial charge is 0.384 e. The van der Waals surface area contributed by atoms with Crippen LogP contribution in [0.4, 0.5) is 5.82 Å². The molecule has 0 saturated heterocycles. The van der Waals surface area contributed by atoms with E-state index in [4.69, 9.17) is 5.73 Å². The molecule has 2 amide bonds. The second-order valence-electron chi connectivity index (χ2n) is 3.21. The number of hydrogen-bond acceptors (Lipinski definition) is 4. The number of nitrogens with two attached hydrogens (primary N) is 1. The Balaban J connectivity index is 2.38. The number of rotatable bonds is 4. The Hall–Kier alpha value is -2.11. The molecule has 0 unspecified atom stereocenters. The van der Waals surface area contributed by atoms with Crippen molar-refractivity contribution in [1.29, 1.82) is 0 Å². The Morgan fingerprint density at radius 2 is 2.06 bits per heavy atom. The molecule has 1 heterocycles. The lowest BCUT2D eigenvalue weighted by molar-refractivity contribution is -0.118. The van der Waals surface area contributed by atoms with Gasteiger partial charge in [-0.3, -0.25) is 9.59 Å². The SMILES string of the molecule is CC(=O)NCCNC(=O)c1ccnc(N)c1. The van der Waals surface area contributed by atoms with E-state index in [2.05, 4.69) is 15.6 Å². The number of hydrogen-bond donors (Lipinski definition) is 3. The summed E-state index contributed by atoms with van der Waals surface area (Å²) >= 11 is 0. The first-order valence-corrected chi connectivity index (χ1v) is 4.84. The van der Waals surface area contributed by atoms with Gasteiger partial charge in [-0.1, -0.05) is 0 Å². The van der Waals surface area contributed by atoms with E-state index in [-0.39, 0.29) is 11.8 Å². The number of carbonyl (C=O) groups is 2. The third kappa shape index (κ3) is 3.95. The Morgan fingerprint density at radius 3 is 2.69 bits per heavy atom. The molecule has 6 heteroatoms. The second-order valence-corrected chi connectivity index (χ2v) is 3.21. The van der Waals surface area contributed by atoms with E-state index < -0.39 is 0 Å². The minimum Gasteiger partial charge on any atom is -0.384 e. The molecule has 0 atom stereocenters. The third-order valence-corrected chi connectivity index (χ3v) is 1.83. The number of nitrogens with one attached hydrogen (secondary N) is 2. The van der Waals surface area contributed by atoms with Crippen molar-refractivity contribution in [3.63, 3.8) is 0 Å². The minimum absolute atomic E-state index is 0.123. The fraction of sp³-hybridized carbons (Fsp3) is 0.300. The molecule has 1 rings (SSSR count). The van der Waals surface area contributed by atoms with Crippen LogP contribution in [0.2, 0.25) is 0 Å². The lowest BCUT2D eigenvalue weighted by Gasteiger charge is -2.05. The van der Waals surface area contributed by atoms with Crippen LogP contribution in [-0.2, 0) is 4.79 Å². The lowest BCUT2D eigenvalue weighted by atomic mass is 10.2. The topological polar surface area (TPSA) is 97.1 Å². The molecule has 0 aliphatic heterocycles. The smallest absolute Gasteiger partial charge is 0.251 e. The fourth-order valence-electron chi connectivity index (χ4n) is 1.11. The van der Waals surface area contributed by atoms with E-state index in [0.717, 1.165) is 0 Å². The van der Waals surface area contributed by atoms with E-state index in [0.29, 0.717) is 24.5 Å². The van der Waals surface area contributed by atoms with Gasteiger partial charge in [0.25, 0.3) is 5.91 Å². The highest BCUT2D eigenvalue weighted by molar-refractivity contribution is 5.94. The molecule has 0 aliphatic carbocycles. The summed E-state index contributed by atoms with van der Waals surface area (Å²) in [4.78, 5) is 25.9. The Kier molecular flexibility index (Phi) is 4.26. The maximum absolute atomic E-state index is 11.5. The number of nitrogens with zero attached hydrogens (tertiary/aromatic N) is 1. The van der Waals surface area contributed by atoms with Gasteiger partial charge >= 0.3 is 0 Å². The number of aromatic nitrogens is 1. The van der Waals surface area contributed by atoms with Gasteiger partial charge in [0, 0.05) is 31.8 Å². The van der Waals surface area contributed by atoms with E-state index in [9.17, 15) is 9.59 Å². The van der Waals surface area contributed by atoms with Crippen molar-refractivity contribution in [3.8, 4) is 0 Å². The second kappa shape index (κ2) is 5.69. The van der Waals surface area contributed by atoms with E-state index >= 15 is 0 Å². The van der Waals surface area contributed by atoms with Crippen LogP contribution in [0.5, 0.6) is 0 Å². The monoisotopic (exact) mass is 222 g/mol. The standard InChI is InChI=1S/C10H14N4O2/c1-7(15)12-4-5-14-10(16)8-2-3-13-9(11)6-8/h2-3,6H,4-5H2,1H3,(H2,11,13)(H,12,15)(H,14,16). The van der Waals surface area contributed by atoms with Crippen molar-refractivity contribution in [1.82, 2.24) is 15.6 Å². The van der Waals surface area contributed by atoms with Crippen LogP contribution in [0.1, 0.15) is 17.3 Å². The summed E-state index contributed by atoms with van der Waals surface area (Å²) < 4.78 is 0. The van der Waals surface area contributed by atoms with Gasteiger partial charge in [-0.05, 0) is 12.1 Å².